The van der Waals surface area contributed by atoms with E-state index in [2.05, 4.69) is 5.32 Å². The molecule has 1 aromatic carbocycles. The Morgan fingerprint density at radius 1 is 1.15 bits per heavy atom. The minimum atomic E-state index is -0.137. The highest BCUT2D eigenvalue weighted by molar-refractivity contribution is 5.81. The molecule has 1 saturated carbocycles. The Labute approximate surface area is 161 Å². The average molecular weight is 374 g/mol. The first-order chi connectivity index (χ1) is 13.2. The van der Waals surface area contributed by atoms with Crippen LogP contribution in [0.3, 0.4) is 0 Å². The molecule has 1 aliphatic carbocycles. The molecule has 1 N–H and O–H groups in total. The van der Waals surface area contributed by atoms with Crippen LogP contribution in [0, 0.1) is 5.92 Å². The number of hydrogen-bond donors (Lipinski definition) is 1. The topological polar surface area (TPSA) is 67.9 Å². The van der Waals surface area contributed by atoms with Gasteiger partial charge < -0.3 is 19.7 Å². The van der Waals surface area contributed by atoms with Crippen LogP contribution in [0.4, 0.5) is 5.69 Å². The van der Waals surface area contributed by atoms with Gasteiger partial charge in [-0.1, -0.05) is 6.07 Å². The standard InChI is InChI=1S/C21H30N2O4/c1-2-26-21(25)16-10-12-23(13-11-16)20(24)15-22-17-6-5-9-19(14-17)27-18-7-3-4-8-18/h5-6,9,14,16,18,22H,2-4,7-8,10-13,15H2,1H3. The van der Waals surface area contributed by atoms with Gasteiger partial charge in [0.2, 0.25) is 5.91 Å². The summed E-state index contributed by atoms with van der Waals surface area (Å²) in [4.78, 5) is 26.1. The van der Waals surface area contributed by atoms with Gasteiger partial charge in [-0.05, 0) is 57.6 Å². The maximum absolute atomic E-state index is 12.5. The second kappa shape index (κ2) is 9.62. The summed E-state index contributed by atoms with van der Waals surface area (Å²) >= 11 is 0. The predicted octanol–water partition coefficient (Wildman–Crippen LogP) is 3.22. The van der Waals surface area contributed by atoms with Crippen LogP contribution >= 0.6 is 0 Å². The minimum Gasteiger partial charge on any atom is -0.490 e. The fraction of sp³-hybridized carbons (Fsp3) is 0.619. The number of anilines is 1. The van der Waals surface area contributed by atoms with Gasteiger partial charge >= 0.3 is 5.97 Å². The second-order valence-corrected chi connectivity index (χ2v) is 7.31. The van der Waals surface area contributed by atoms with E-state index in [-0.39, 0.29) is 24.3 Å². The third-order valence-corrected chi connectivity index (χ3v) is 5.35. The molecule has 1 aromatic rings. The third-order valence-electron chi connectivity index (χ3n) is 5.35. The van der Waals surface area contributed by atoms with Crippen LogP contribution < -0.4 is 10.1 Å². The Morgan fingerprint density at radius 2 is 1.89 bits per heavy atom. The van der Waals surface area contributed by atoms with Gasteiger partial charge in [-0.2, -0.15) is 0 Å². The summed E-state index contributed by atoms with van der Waals surface area (Å²) in [6.45, 7) is 3.68. The Morgan fingerprint density at radius 3 is 2.59 bits per heavy atom. The van der Waals surface area contributed by atoms with E-state index in [0.717, 1.165) is 24.3 Å². The number of rotatable bonds is 7. The van der Waals surface area contributed by atoms with Gasteiger partial charge in [-0.25, -0.2) is 0 Å². The number of nitrogens with zero attached hydrogens (tertiary/aromatic N) is 1. The highest BCUT2D eigenvalue weighted by Gasteiger charge is 2.28. The molecule has 0 unspecified atom stereocenters. The Hall–Kier alpha value is -2.24. The van der Waals surface area contributed by atoms with E-state index in [9.17, 15) is 9.59 Å². The molecule has 0 bridgehead atoms. The molecule has 0 aromatic heterocycles. The van der Waals surface area contributed by atoms with Gasteiger partial charge in [-0.15, -0.1) is 0 Å². The molecule has 0 radical (unpaired) electrons. The molecule has 0 atom stereocenters. The number of carbonyl (C=O) groups is 2. The molecule has 3 rings (SSSR count). The van der Waals surface area contributed by atoms with Gasteiger partial charge in [0.25, 0.3) is 0 Å². The van der Waals surface area contributed by atoms with E-state index >= 15 is 0 Å². The SMILES string of the molecule is CCOC(=O)C1CCN(C(=O)CNc2cccc(OC3CCCC3)c2)CC1. The van der Waals surface area contributed by atoms with Crippen LogP contribution in [0.15, 0.2) is 24.3 Å². The summed E-state index contributed by atoms with van der Waals surface area (Å²) in [7, 11) is 0. The molecule has 27 heavy (non-hydrogen) atoms. The fourth-order valence-corrected chi connectivity index (χ4v) is 3.79. The number of hydrogen-bond acceptors (Lipinski definition) is 5. The van der Waals surface area contributed by atoms with E-state index in [0.29, 0.717) is 38.6 Å². The molecule has 2 fully saturated rings. The van der Waals surface area contributed by atoms with Crippen molar-refractivity contribution in [1.29, 1.82) is 0 Å². The first kappa shape index (κ1) is 19.5. The summed E-state index contributed by atoms with van der Waals surface area (Å²) in [5, 5.41) is 3.20. The zero-order valence-electron chi connectivity index (χ0n) is 16.1. The lowest BCUT2D eigenvalue weighted by atomic mass is 9.97. The Bertz CT molecular complexity index is 635. The quantitative estimate of drug-likeness (QED) is 0.742. The van der Waals surface area contributed by atoms with Gasteiger partial charge in [0.1, 0.15) is 5.75 Å². The summed E-state index contributed by atoms with van der Waals surface area (Å²) in [6, 6.07) is 7.81. The number of likely N-dealkylation sites (tertiary alicyclic amines) is 1. The van der Waals surface area contributed by atoms with Crippen molar-refractivity contribution in [2.24, 2.45) is 5.92 Å². The summed E-state index contributed by atoms with van der Waals surface area (Å²) in [6.07, 6.45) is 6.40. The molecule has 1 heterocycles. The lowest BCUT2D eigenvalue weighted by Gasteiger charge is -2.31. The van der Waals surface area contributed by atoms with Crippen molar-refractivity contribution < 1.29 is 19.1 Å². The lowest BCUT2D eigenvalue weighted by molar-refractivity contribution is -0.151. The number of carbonyl (C=O) groups excluding carboxylic acids is 2. The number of benzene rings is 1. The third kappa shape index (κ3) is 5.62. The number of piperidine rings is 1. The average Bonchev–Trinajstić information content (AvgIpc) is 3.20. The smallest absolute Gasteiger partial charge is 0.309 e. The van der Waals surface area contributed by atoms with Gasteiger partial charge in [0.05, 0.1) is 25.2 Å². The van der Waals surface area contributed by atoms with Crippen LogP contribution in [0.2, 0.25) is 0 Å². The number of amides is 1. The maximum Gasteiger partial charge on any atom is 0.309 e. The van der Waals surface area contributed by atoms with E-state index in [1.165, 1.54) is 12.8 Å². The van der Waals surface area contributed by atoms with Crippen molar-refractivity contribution in [1.82, 2.24) is 4.90 Å². The first-order valence-corrected chi connectivity index (χ1v) is 10.1. The summed E-state index contributed by atoms with van der Waals surface area (Å²) in [5.41, 5.74) is 0.889. The van der Waals surface area contributed by atoms with E-state index in [4.69, 9.17) is 9.47 Å². The zero-order valence-corrected chi connectivity index (χ0v) is 16.1. The van der Waals surface area contributed by atoms with Gasteiger partial charge in [0, 0.05) is 24.8 Å². The minimum absolute atomic E-state index is 0.0550. The van der Waals surface area contributed by atoms with Crippen LogP contribution in [-0.4, -0.2) is 49.1 Å². The molecular weight excluding hydrogens is 344 g/mol. The van der Waals surface area contributed by atoms with Crippen molar-refractivity contribution in [3.8, 4) is 5.75 Å². The van der Waals surface area contributed by atoms with Crippen molar-refractivity contribution in [3.05, 3.63) is 24.3 Å². The van der Waals surface area contributed by atoms with Crippen LogP contribution in [0.25, 0.3) is 0 Å². The summed E-state index contributed by atoms with van der Waals surface area (Å²) in [5.74, 6) is 0.696. The molecular formula is C21H30N2O4. The first-order valence-electron chi connectivity index (χ1n) is 10.1. The molecule has 0 spiro atoms. The van der Waals surface area contributed by atoms with Crippen LogP contribution in [0.5, 0.6) is 5.75 Å². The van der Waals surface area contributed by atoms with E-state index < -0.39 is 0 Å². The molecule has 148 valence electrons. The zero-order chi connectivity index (χ0) is 19.1. The van der Waals surface area contributed by atoms with E-state index in [1.54, 1.807) is 0 Å². The van der Waals surface area contributed by atoms with Gasteiger partial charge in [-0.3, -0.25) is 9.59 Å². The van der Waals surface area contributed by atoms with Crippen molar-refractivity contribution in [2.75, 3.05) is 31.6 Å². The second-order valence-electron chi connectivity index (χ2n) is 7.31. The van der Waals surface area contributed by atoms with Crippen LogP contribution in [0.1, 0.15) is 45.4 Å². The normalized spacial score (nSPS) is 18.3. The molecule has 1 saturated heterocycles. The fourth-order valence-electron chi connectivity index (χ4n) is 3.79. The predicted molar refractivity (Wildman–Crippen MR) is 104 cm³/mol. The van der Waals surface area contributed by atoms with Crippen molar-refractivity contribution in [3.63, 3.8) is 0 Å². The Balaban J connectivity index is 1.43. The molecule has 2 aliphatic rings. The maximum atomic E-state index is 12.5. The number of esters is 1. The highest BCUT2D eigenvalue weighted by Crippen LogP contribution is 2.26. The number of nitrogens with one attached hydrogen (secondary N) is 1. The highest BCUT2D eigenvalue weighted by atomic mass is 16.5. The van der Waals surface area contributed by atoms with Gasteiger partial charge in [0.15, 0.2) is 0 Å². The molecule has 6 nitrogen and oxygen atoms in total. The lowest BCUT2D eigenvalue weighted by Crippen LogP contribution is -2.43. The molecule has 1 amide bonds. The monoisotopic (exact) mass is 374 g/mol. The van der Waals surface area contributed by atoms with Crippen LogP contribution in [-0.2, 0) is 14.3 Å². The number of ether oxygens (including phenoxy) is 2. The van der Waals surface area contributed by atoms with E-state index in [1.807, 2.05) is 36.1 Å². The Kier molecular flexibility index (Phi) is 6.96. The molecule has 1 aliphatic heterocycles. The molecule has 6 heteroatoms. The summed E-state index contributed by atoms with van der Waals surface area (Å²) < 4.78 is 11.1. The van der Waals surface area contributed by atoms with Crippen molar-refractivity contribution >= 4 is 17.6 Å². The largest absolute Gasteiger partial charge is 0.490 e. The van der Waals surface area contributed by atoms with Crippen molar-refractivity contribution in [2.45, 2.75) is 51.6 Å².